The topological polar surface area (TPSA) is 75.2 Å². The summed E-state index contributed by atoms with van der Waals surface area (Å²) in [5.41, 5.74) is 3.78. The minimum atomic E-state index is -0.499. The molecule has 2 heterocycles. The molecule has 1 saturated heterocycles. The van der Waals surface area contributed by atoms with E-state index in [1.807, 2.05) is 80.3 Å². The Bertz CT molecular complexity index is 1270. The van der Waals surface area contributed by atoms with E-state index in [0.29, 0.717) is 12.2 Å². The fourth-order valence-electron chi connectivity index (χ4n) is 4.62. The molecule has 0 N–H and O–H groups in total. The van der Waals surface area contributed by atoms with Gasteiger partial charge in [-0.3, -0.25) is 14.7 Å². The second-order valence-corrected chi connectivity index (χ2v) is 10.9. The molecule has 1 fully saturated rings. The number of aromatic nitrogens is 1. The predicted octanol–water partition coefficient (Wildman–Crippen LogP) is 5.48. The van der Waals surface area contributed by atoms with E-state index in [4.69, 9.17) is 9.47 Å². The molecule has 1 aliphatic heterocycles. The van der Waals surface area contributed by atoms with Gasteiger partial charge in [0.1, 0.15) is 17.0 Å². The quantitative estimate of drug-likeness (QED) is 0.420. The van der Waals surface area contributed by atoms with Gasteiger partial charge in [-0.2, -0.15) is 0 Å². The fourth-order valence-corrected chi connectivity index (χ4v) is 4.62. The number of hydrogen-bond acceptors (Lipinski definition) is 6. The molecular weight excluding hydrogens is 492 g/mol. The molecule has 2 aromatic carbocycles. The largest absolute Gasteiger partial charge is 0.497 e. The number of pyridine rings is 1. The molecule has 1 atom stereocenters. The van der Waals surface area contributed by atoms with E-state index in [2.05, 4.69) is 16.8 Å². The van der Waals surface area contributed by atoms with E-state index >= 15 is 0 Å². The number of hydrogen-bond donors (Lipinski definition) is 0. The van der Waals surface area contributed by atoms with Crippen LogP contribution in [0.15, 0.2) is 66.9 Å². The van der Waals surface area contributed by atoms with Crippen molar-refractivity contribution < 1.29 is 19.1 Å². The summed E-state index contributed by atoms with van der Waals surface area (Å²) < 4.78 is 10.8. The summed E-state index contributed by atoms with van der Waals surface area (Å²) in [6.45, 7) is 10.7. The maximum Gasteiger partial charge on any atom is 0.410 e. The highest BCUT2D eigenvalue weighted by Crippen LogP contribution is 2.23. The van der Waals surface area contributed by atoms with Crippen LogP contribution in [0.3, 0.4) is 0 Å². The molecule has 3 aromatic rings. The maximum absolute atomic E-state index is 13.1. The van der Waals surface area contributed by atoms with Crippen molar-refractivity contribution in [2.45, 2.75) is 45.9 Å². The molecular formula is C31H38N4O4. The number of amides is 2. The molecule has 1 aromatic heterocycles. The number of nitrogens with zero attached hydrogens (tertiary/aromatic N) is 4. The molecule has 0 saturated carbocycles. The Morgan fingerprint density at radius 1 is 0.974 bits per heavy atom. The zero-order chi connectivity index (χ0) is 28.2. The Hall–Kier alpha value is -3.91. The molecule has 0 spiro atoms. The first-order valence-corrected chi connectivity index (χ1v) is 13.2. The second kappa shape index (κ2) is 11.9. The van der Waals surface area contributed by atoms with Gasteiger partial charge in [0.2, 0.25) is 0 Å². The first-order valence-electron chi connectivity index (χ1n) is 13.2. The van der Waals surface area contributed by atoms with Gasteiger partial charge in [0.05, 0.1) is 7.11 Å². The van der Waals surface area contributed by atoms with Crippen LogP contribution in [0.25, 0.3) is 11.1 Å². The lowest BCUT2D eigenvalue weighted by atomic mass is 10.1. The zero-order valence-electron chi connectivity index (χ0n) is 23.7. The van der Waals surface area contributed by atoms with Crippen molar-refractivity contribution in [1.82, 2.24) is 14.8 Å². The van der Waals surface area contributed by atoms with Gasteiger partial charge in [0.15, 0.2) is 0 Å². The average molecular weight is 531 g/mol. The smallest absolute Gasteiger partial charge is 0.410 e. The van der Waals surface area contributed by atoms with Crippen LogP contribution in [0.2, 0.25) is 0 Å². The van der Waals surface area contributed by atoms with Gasteiger partial charge in [-0.15, -0.1) is 0 Å². The zero-order valence-corrected chi connectivity index (χ0v) is 23.7. The van der Waals surface area contributed by atoms with Gasteiger partial charge in [-0.05, 0) is 69.2 Å². The van der Waals surface area contributed by atoms with Gasteiger partial charge < -0.3 is 19.3 Å². The van der Waals surface area contributed by atoms with Crippen molar-refractivity contribution in [2.75, 3.05) is 38.7 Å². The number of anilines is 1. The summed E-state index contributed by atoms with van der Waals surface area (Å²) in [4.78, 5) is 35.8. The highest BCUT2D eigenvalue weighted by molar-refractivity contribution is 6.04. The molecule has 8 heteroatoms. The van der Waals surface area contributed by atoms with Gasteiger partial charge >= 0.3 is 6.09 Å². The summed E-state index contributed by atoms with van der Waals surface area (Å²) in [6, 6.07) is 19.5. The number of carbonyl (C=O) groups excluding carboxylic acids is 2. The van der Waals surface area contributed by atoms with E-state index in [1.165, 1.54) is 0 Å². The van der Waals surface area contributed by atoms with Crippen molar-refractivity contribution in [2.24, 2.45) is 0 Å². The van der Waals surface area contributed by atoms with E-state index in [1.54, 1.807) is 31.3 Å². The number of piperazine rings is 1. The first kappa shape index (κ1) is 28.1. The van der Waals surface area contributed by atoms with E-state index in [-0.39, 0.29) is 18.0 Å². The van der Waals surface area contributed by atoms with Crippen LogP contribution in [-0.4, -0.2) is 72.2 Å². The first-order chi connectivity index (χ1) is 18.5. The van der Waals surface area contributed by atoms with Crippen LogP contribution in [0.5, 0.6) is 5.75 Å². The Morgan fingerprint density at radius 3 is 2.21 bits per heavy atom. The summed E-state index contributed by atoms with van der Waals surface area (Å²) in [6.07, 6.45) is 1.46. The molecule has 8 nitrogen and oxygen atoms in total. The van der Waals surface area contributed by atoms with Crippen molar-refractivity contribution in [3.05, 3.63) is 78.1 Å². The van der Waals surface area contributed by atoms with Crippen molar-refractivity contribution in [3.63, 3.8) is 0 Å². The number of benzene rings is 2. The lowest BCUT2D eigenvalue weighted by Gasteiger charge is -2.40. The fraction of sp³-hybridized carbons (Fsp3) is 0.387. The number of carbonyl (C=O) groups is 2. The van der Waals surface area contributed by atoms with Crippen LogP contribution < -0.4 is 9.64 Å². The summed E-state index contributed by atoms with van der Waals surface area (Å²) in [5, 5.41) is 0. The van der Waals surface area contributed by atoms with Gasteiger partial charge in [0, 0.05) is 56.7 Å². The van der Waals surface area contributed by atoms with Gasteiger partial charge in [0.25, 0.3) is 5.91 Å². The van der Waals surface area contributed by atoms with Gasteiger partial charge in [-0.1, -0.05) is 30.3 Å². The molecule has 206 valence electrons. The predicted molar refractivity (Wildman–Crippen MR) is 153 cm³/mol. The normalized spacial score (nSPS) is 16.1. The highest BCUT2D eigenvalue weighted by atomic mass is 16.6. The van der Waals surface area contributed by atoms with E-state index in [0.717, 1.165) is 47.8 Å². The summed E-state index contributed by atoms with van der Waals surface area (Å²) >= 11 is 0. The Morgan fingerprint density at radius 2 is 1.64 bits per heavy atom. The second-order valence-electron chi connectivity index (χ2n) is 10.9. The van der Waals surface area contributed by atoms with Crippen molar-refractivity contribution in [1.29, 1.82) is 0 Å². The van der Waals surface area contributed by atoms with Crippen molar-refractivity contribution >= 4 is 17.7 Å². The Kier molecular flexibility index (Phi) is 8.55. The SMILES string of the molecule is COc1ccc(-c2ccc(C(=O)N(C)c3ccc(CN4CCN(C(=O)OC(C)(C)C)[C@@H](C)C4)cc3)nc2)cc1. The lowest BCUT2D eigenvalue weighted by molar-refractivity contribution is 0.000551. The monoisotopic (exact) mass is 530 g/mol. The van der Waals surface area contributed by atoms with Crippen LogP contribution in [0, 0.1) is 0 Å². The van der Waals surface area contributed by atoms with Crippen LogP contribution in [-0.2, 0) is 11.3 Å². The van der Waals surface area contributed by atoms with E-state index in [9.17, 15) is 9.59 Å². The molecule has 1 aliphatic rings. The average Bonchev–Trinajstić information content (AvgIpc) is 2.92. The molecule has 0 aliphatic carbocycles. The highest BCUT2D eigenvalue weighted by Gasteiger charge is 2.30. The molecule has 4 rings (SSSR count). The molecule has 0 radical (unpaired) electrons. The summed E-state index contributed by atoms with van der Waals surface area (Å²) in [5.74, 6) is 0.623. The third-order valence-electron chi connectivity index (χ3n) is 6.78. The Balaban J connectivity index is 1.33. The van der Waals surface area contributed by atoms with Gasteiger partial charge in [-0.25, -0.2) is 4.79 Å². The summed E-state index contributed by atoms with van der Waals surface area (Å²) in [7, 11) is 3.40. The van der Waals surface area contributed by atoms with E-state index < -0.39 is 5.60 Å². The molecule has 0 bridgehead atoms. The number of rotatable bonds is 6. The van der Waals surface area contributed by atoms with Crippen LogP contribution in [0.1, 0.15) is 43.7 Å². The Labute approximate surface area is 231 Å². The number of methoxy groups -OCH3 is 1. The molecule has 39 heavy (non-hydrogen) atoms. The minimum absolute atomic E-state index is 0.0697. The minimum Gasteiger partial charge on any atom is -0.497 e. The van der Waals surface area contributed by atoms with Crippen molar-refractivity contribution in [3.8, 4) is 16.9 Å². The third-order valence-corrected chi connectivity index (χ3v) is 6.78. The van der Waals surface area contributed by atoms with Crippen LogP contribution in [0.4, 0.5) is 10.5 Å². The number of ether oxygens (including phenoxy) is 2. The molecule has 2 amide bonds. The molecule has 0 unspecified atom stereocenters. The van der Waals surface area contributed by atoms with Crippen LogP contribution >= 0.6 is 0 Å². The lowest BCUT2D eigenvalue weighted by Crippen LogP contribution is -2.54. The standard InChI is InChI=1S/C31H38N4O4/c1-22-20-34(17-18-35(22)30(37)39-31(2,3)4)21-23-7-12-26(13-8-23)33(5)29(36)28-16-11-25(19-32-28)24-9-14-27(38-6)15-10-24/h7-16,19,22H,17-18,20-21H2,1-6H3/t22-/m0/s1. The maximum atomic E-state index is 13.1. The third kappa shape index (κ3) is 7.15.